The molecule has 2 heterocycles. The van der Waals surface area contributed by atoms with E-state index in [4.69, 9.17) is 9.47 Å². The number of likely N-dealkylation sites (tertiary alicyclic amines) is 1. The smallest absolute Gasteiger partial charge is 0.227 e. The Morgan fingerprint density at radius 1 is 0.923 bits per heavy atom. The molecule has 2 saturated heterocycles. The minimum Gasteiger partial charge on any atom is -0.350 e. The van der Waals surface area contributed by atoms with Crippen LogP contribution >= 0.6 is 0 Å². The predicted molar refractivity (Wildman–Crippen MR) is 101 cm³/mol. The van der Waals surface area contributed by atoms with Gasteiger partial charge in [0.2, 0.25) is 5.91 Å². The third-order valence-electron chi connectivity index (χ3n) is 5.27. The fourth-order valence-corrected chi connectivity index (χ4v) is 3.59. The zero-order chi connectivity index (χ0) is 18.2. The van der Waals surface area contributed by atoms with Crippen LogP contribution in [0.4, 0.5) is 0 Å². The van der Waals surface area contributed by atoms with Crippen molar-refractivity contribution in [2.24, 2.45) is 5.41 Å². The van der Waals surface area contributed by atoms with Gasteiger partial charge in [-0.1, -0.05) is 54.6 Å². The summed E-state index contributed by atoms with van der Waals surface area (Å²) in [6, 6.07) is 18.5. The Kier molecular flexibility index (Phi) is 4.33. The number of ether oxygens (including phenoxy) is 2. The van der Waals surface area contributed by atoms with E-state index in [1.807, 2.05) is 49.1 Å². The second-order valence-corrected chi connectivity index (χ2v) is 7.97. The van der Waals surface area contributed by atoms with Gasteiger partial charge in [0.15, 0.2) is 5.79 Å². The largest absolute Gasteiger partial charge is 0.350 e. The van der Waals surface area contributed by atoms with Crippen LogP contribution in [-0.2, 0) is 20.7 Å². The van der Waals surface area contributed by atoms with Crippen molar-refractivity contribution in [1.82, 2.24) is 4.90 Å². The molecule has 4 nitrogen and oxygen atoms in total. The fourth-order valence-electron chi connectivity index (χ4n) is 3.59. The average Bonchev–Trinajstić information content (AvgIpc) is 2.61. The maximum absolute atomic E-state index is 12.5. The van der Waals surface area contributed by atoms with Crippen molar-refractivity contribution in [2.45, 2.75) is 26.1 Å². The Labute approximate surface area is 154 Å². The van der Waals surface area contributed by atoms with Gasteiger partial charge in [-0.25, -0.2) is 0 Å². The third kappa shape index (κ3) is 3.53. The summed E-state index contributed by atoms with van der Waals surface area (Å²) in [4.78, 5) is 14.5. The topological polar surface area (TPSA) is 38.8 Å². The lowest BCUT2D eigenvalue weighted by Gasteiger charge is -2.54. The first-order valence-corrected chi connectivity index (χ1v) is 9.15. The van der Waals surface area contributed by atoms with Gasteiger partial charge in [-0.15, -0.1) is 0 Å². The summed E-state index contributed by atoms with van der Waals surface area (Å²) in [5.41, 5.74) is 3.40. The van der Waals surface area contributed by atoms with Crippen LogP contribution in [0.2, 0.25) is 0 Å². The van der Waals surface area contributed by atoms with Crippen LogP contribution in [0.5, 0.6) is 0 Å². The fraction of sp³-hybridized carbons (Fsp3) is 0.409. The summed E-state index contributed by atoms with van der Waals surface area (Å²) >= 11 is 0. The molecule has 26 heavy (non-hydrogen) atoms. The molecule has 0 N–H and O–H groups in total. The van der Waals surface area contributed by atoms with E-state index in [1.165, 1.54) is 11.1 Å². The second kappa shape index (κ2) is 6.53. The van der Waals surface area contributed by atoms with Gasteiger partial charge >= 0.3 is 0 Å². The molecule has 1 amide bonds. The van der Waals surface area contributed by atoms with Crippen LogP contribution in [0.15, 0.2) is 54.6 Å². The molecule has 0 bridgehead atoms. The van der Waals surface area contributed by atoms with Crippen molar-refractivity contribution < 1.29 is 14.3 Å². The molecule has 0 radical (unpaired) electrons. The predicted octanol–water partition coefficient (Wildman–Crippen LogP) is 3.51. The number of hydrogen-bond acceptors (Lipinski definition) is 3. The van der Waals surface area contributed by atoms with Gasteiger partial charge in [0, 0.05) is 13.1 Å². The van der Waals surface area contributed by atoms with Gasteiger partial charge < -0.3 is 14.4 Å². The molecule has 4 heteroatoms. The van der Waals surface area contributed by atoms with E-state index in [-0.39, 0.29) is 11.3 Å². The lowest BCUT2D eigenvalue weighted by Crippen LogP contribution is -2.66. The van der Waals surface area contributed by atoms with Crippen molar-refractivity contribution in [3.63, 3.8) is 0 Å². The molecular weight excluding hydrogens is 326 g/mol. The molecule has 0 atom stereocenters. The number of carbonyl (C=O) groups is 1. The molecule has 2 aliphatic rings. The lowest BCUT2D eigenvalue weighted by atomic mass is 9.80. The van der Waals surface area contributed by atoms with E-state index in [2.05, 4.69) is 24.3 Å². The van der Waals surface area contributed by atoms with Crippen molar-refractivity contribution in [1.29, 1.82) is 0 Å². The second-order valence-electron chi connectivity index (χ2n) is 7.97. The van der Waals surface area contributed by atoms with Crippen molar-refractivity contribution in [3.8, 4) is 11.1 Å². The molecule has 0 aromatic heterocycles. The van der Waals surface area contributed by atoms with Crippen LogP contribution in [0, 0.1) is 5.41 Å². The van der Waals surface area contributed by atoms with Crippen LogP contribution in [-0.4, -0.2) is 42.9 Å². The number of rotatable bonds is 3. The first-order valence-electron chi connectivity index (χ1n) is 9.15. The molecule has 4 rings (SSSR count). The zero-order valence-electron chi connectivity index (χ0n) is 15.4. The minimum atomic E-state index is -0.504. The first kappa shape index (κ1) is 17.3. The Bertz CT molecular complexity index is 765. The Morgan fingerprint density at radius 3 is 2.12 bits per heavy atom. The Morgan fingerprint density at radius 2 is 1.50 bits per heavy atom. The van der Waals surface area contributed by atoms with E-state index in [0.29, 0.717) is 19.6 Å². The van der Waals surface area contributed by atoms with Gasteiger partial charge in [0.25, 0.3) is 0 Å². The molecule has 0 aliphatic carbocycles. The summed E-state index contributed by atoms with van der Waals surface area (Å²) in [5, 5.41) is 0. The normalized spacial score (nSPS) is 20.6. The number of carbonyl (C=O) groups excluding carboxylic acids is 1. The first-order chi connectivity index (χ1) is 12.4. The van der Waals surface area contributed by atoms with E-state index >= 15 is 0 Å². The molecule has 2 aliphatic heterocycles. The molecule has 1 spiro atoms. The monoisotopic (exact) mass is 351 g/mol. The van der Waals surface area contributed by atoms with Crippen LogP contribution in [0.1, 0.15) is 19.4 Å². The van der Waals surface area contributed by atoms with Crippen LogP contribution < -0.4 is 0 Å². The van der Waals surface area contributed by atoms with E-state index in [1.54, 1.807) is 0 Å². The summed E-state index contributed by atoms with van der Waals surface area (Å²) in [7, 11) is 0. The van der Waals surface area contributed by atoms with E-state index in [0.717, 1.165) is 18.7 Å². The molecular formula is C22H25NO3. The van der Waals surface area contributed by atoms with Crippen molar-refractivity contribution in [3.05, 3.63) is 60.2 Å². The Hall–Kier alpha value is -2.17. The molecule has 136 valence electrons. The summed E-state index contributed by atoms with van der Waals surface area (Å²) in [6.07, 6.45) is 0.443. The highest BCUT2D eigenvalue weighted by Gasteiger charge is 2.49. The summed E-state index contributed by atoms with van der Waals surface area (Å²) in [5.74, 6) is -0.330. The van der Waals surface area contributed by atoms with Crippen molar-refractivity contribution in [2.75, 3.05) is 26.3 Å². The highest BCUT2D eigenvalue weighted by molar-refractivity contribution is 5.80. The molecule has 2 aromatic rings. The molecule has 0 saturated carbocycles. The molecule has 2 aromatic carbocycles. The van der Waals surface area contributed by atoms with Gasteiger partial charge in [0.05, 0.1) is 25.0 Å². The van der Waals surface area contributed by atoms with Gasteiger partial charge in [-0.3, -0.25) is 4.79 Å². The summed E-state index contributed by atoms with van der Waals surface area (Å²) in [6.45, 7) is 6.64. The quantitative estimate of drug-likeness (QED) is 0.849. The third-order valence-corrected chi connectivity index (χ3v) is 5.27. The van der Waals surface area contributed by atoms with Crippen molar-refractivity contribution >= 4 is 5.91 Å². The maximum Gasteiger partial charge on any atom is 0.227 e. The minimum absolute atomic E-state index is 0.0116. The van der Waals surface area contributed by atoms with Gasteiger partial charge in [0.1, 0.15) is 0 Å². The van der Waals surface area contributed by atoms with Gasteiger partial charge in [-0.05, 0) is 30.5 Å². The average molecular weight is 351 g/mol. The van der Waals surface area contributed by atoms with E-state index < -0.39 is 5.79 Å². The van der Waals surface area contributed by atoms with Crippen LogP contribution in [0.25, 0.3) is 11.1 Å². The SMILES string of the molecule is CC1(C)OCC2(CO1)CN(C(=O)Cc1ccc(-c3ccccc3)cc1)C2. The van der Waals surface area contributed by atoms with Gasteiger partial charge in [-0.2, -0.15) is 0 Å². The highest BCUT2D eigenvalue weighted by atomic mass is 16.7. The lowest BCUT2D eigenvalue weighted by molar-refractivity contribution is -0.302. The molecule has 0 unspecified atom stereocenters. The summed E-state index contributed by atoms with van der Waals surface area (Å²) < 4.78 is 11.5. The van der Waals surface area contributed by atoms with Crippen LogP contribution in [0.3, 0.4) is 0 Å². The number of benzene rings is 2. The van der Waals surface area contributed by atoms with E-state index in [9.17, 15) is 4.79 Å². The molecule has 2 fully saturated rings. The Balaban J connectivity index is 1.32. The maximum atomic E-state index is 12.5. The number of amides is 1. The standard InChI is InChI=1S/C22H25NO3/c1-21(2)25-15-22(16-26-21)13-23(14-22)20(24)12-17-8-10-19(11-9-17)18-6-4-3-5-7-18/h3-11H,12-16H2,1-2H3. The number of hydrogen-bond donors (Lipinski definition) is 0. The highest BCUT2D eigenvalue weighted by Crippen LogP contribution is 2.37. The number of nitrogens with zero attached hydrogens (tertiary/aromatic N) is 1. The zero-order valence-corrected chi connectivity index (χ0v) is 15.4.